The van der Waals surface area contributed by atoms with Crippen LogP contribution in [0.4, 0.5) is 0 Å². The van der Waals surface area contributed by atoms with E-state index in [1.807, 2.05) is 26.0 Å². The number of carbonyl (C=O) groups is 1. The zero-order chi connectivity index (χ0) is 15.2. The molecule has 0 bridgehead atoms. The summed E-state index contributed by atoms with van der Waals surface area (Å²) in [5.74, 6) is 1.58. The van der Waals surface area contributed by atoms with Gasteiger partial charge >= 0.3 is 0 Å². The first kappa shape index (κ1) is 16.0. The zero-order valence-corrected chi connectivity index (χ0v) is 12.8. The van der Waals surface area contributed by atoms with Crippen molar-refractivity contribution in [2.45, 2.75) is 19.9 Å². The molecular formula is C15H25N3O3. The highest BCUT2D eigenvalue weighted by Crippen LogP contribution is 2.23. The monoisotopic (exact) mass is 295 g/mol. The maximum atomic E-state index is 11.9. The molecule has 6 heteroatoms. The summed E-state index contributed by atoms with van der Waals surface area (Å²) in [5, 5.41) is 2.98. The summed E-state index contributed by atoms with van der Waals surface area (Å²) < 4.78 is 11.2. The van der Waals surface area contributed by atoms with Gasteiger partial charge < -0.3 is 20.2 Å². The summed E-state index contributed by atoms with van der Waals surface area (Å²) in [6.45, 7) is 7.74. The Morgan fingerprint density at radius 2 is 2.14 bits per heavy atom. The molecule has 2 heterocycles. The van der Waals surface area contributed by atoms with E-state index >= 15 is 0 Å². The highest BCUT2D eigenvalue weighted by molar-refractivity contribution is 5.78. The van der Waals surface area contributed by atoms with Gasteiger partial charge in [-0.25, -0.2) is 0 Å². The highest BCUT2D eigenvalue weighted by Gasteiger charge is 2.26. The van der Waals surface area contributed by atoms with E-state index in [9.17, 15) is 4.79 Å². The molecule has 1 aromatic heterocycles. The predicted molar refractivity (Wildman–Crippen MR) is 79.8 cm³/mol. The van der Waals surface area contributed by atoms with Gasteiger partial charge in [-0.1, -0.05) is 6.92 Å². The SMILES string of the molecule is Cc1ccc(C(CNC(=O)C(C)CN)N2CCOCC2)o1. The molecule has 2 atom stereocenters. The van der Waals surface area contributed by atoms with Crippen molar-refractivity contribution in [2.24, 2.45) is 11.7 Å². The van der Waals surface area contributed by atoms with Crippen molar-refractivity contribution in [1.29, 1.82) is 0 Å². The van der Waals surface area contributed by atoms with E-state index < -0.39 is 0 Å². The first-order chi connectivity index (χ1) is 10.1. The number of nitrogens with one attached hydrogen (secondary N) is 1. The zero-order valence-electron chi connectivity index (χ0n) is 12.8. The number of hydrogen-bond donors (Lipinski definition) is 2. The second kappa shape index (κ2) is 7.59. The number of nitrogens with two attached hydrogens (primary N) is 1. The number of ether oxygens (including phenoxy) is 1. The number of aryl methyl sites for hydroxylation is 1. The van der Waals surface area contributed by atoms with Crippen molar-refractivity contribution in [2.75, 3.05) is 39.4 Å². The minimum absolute atomic E-state index is 0.0148. The third kappa shape index (κ3) is 4.30. The van der Waals surface area contributed by atoms with Gasteiger partial charge in [0.15, 0.2) is 0 Å². The van der Waals surface area contributed by atoms with E-state index in [0.29, 0.717) is 26.3 Å². The molecule has 0 aromatic carbocycles. The topological polar surface area (TPSA) is 80.7 Å². The lowest BCUT2D eigenvalue weighted by Crippen LogP contribution is -2.45. The number of morpholine rings is 1. The fraction of sp³-hybridized carbons (Fsp3) is 0.667. The Labute approximate surface area is 125 Å². The average Bonchev–Trinajstić information content (AvgIpc) is 2.93. The number of hydrogen-bond acceptors (Lipinski definition) is 5. The summed E-state index contributed by atoms with van der Waals surface area (Å²) in [6.07, 6.45) is 0. The molecule has 6 nitrogen and oxygen atoms in total. The summed E-state index contributed by atoms with van der Waals surface area (Å²) >= 11 is 0. The molecular weight excluding hydrogens is 270 g/mol. The molecule has 2 unspecified atom stereocenters. The quantitative estimate of drug-likeness (QED) is 0.806. The lowest BCUT2D eigenvalue weighted by Gasteiger charge is -2.33. The Morgan fingerprint density at radius 3 is 2.71 bits per heavy atom. The second-order valence-electron chi connectivity index (χ2n) is 5.49. The van der Waals surface area contributed by atoms with E-state index in [1.165, 1.54) is 0 Å². The standard InChI is InChI=1S/C15H25N3O3/c1-11(9-16)15(19)17-10-13(14-4-3-12(2)21-14)18-5-7-20-8-6-18/h3-4,11,13H,5-10,16H2,1-2H3,(H,17,19). The van der Waals surface area contributed by atoms with Gasteiger partial charge in [0.1, 0.15) is 11.5 Å². The van der Waals surface area contributed by atoms with E-state index in [-0.39, 0.29) is 17.9 Å². The van der Waals surface area contributed by atoms with Crippen molar-refractivity contribution >= 4 is 5.91 Å². The van der Waals surface area contributed by atoms with Crippen molar-refractivity contribution in [3.63, 3.8) is 0 Å². The molecule has 0 saturated carbocycles. The Kier molecular flexibility index (Phi) is 5.78. The van der Waals surface area contributed by atoms with Gasteiger partial charge in [-0.15, -0.1) is 0 Å². The molecule has 3 N–H and O–H groups in total. The minimum atomic E-state index is -0.173. The number of nitrogens with zero attached hydrogens (tertiary/aromatic N) is 1. The fourth-order valence-electron chi connectivity index (χ4n) is 2.41. The maximum absolute atomic E-state index is 11.9. The maximum Gasteiger partial charge on any atom is 0.224 e. The van der Waals surface area contributed by atoms with Crippen LogP contribution >= 0.6 is 0 Å². The summed E-state index contributed by atoms with van der Waals surface area (Å²) in [7, 11) is 0. The Bertz CT molecular complexity index is 455. The van der Waals surface area contributed by atoms with E-state index in [4.69, 9.17) is 14.9 Å². The predicted octanol–water partition coefficient (Wildman–Crippen LogP) is 0.672. The molecule has 0 radical (unpaired) electrons. The third-order valence-corrected chi connectivity index (χ3v) is 3.85. The molecule has 1 saturated heterocycles. The van der Waals surface area contributed by atoms with Gasteiger partial charge in [-0.05, 0) is 19.1 Å². The number of amides is 1. The normalized spacial score (nSPS) is 19.2. The Morgan fingerprint density at radius 1 is 1.43 bits per heavy atom. The van der Waals surface area contributed by atoms with Gasteiger partial charge in [-0.3, -0.25) is 9.69 Å². The van der Waals surface area contributed by atoms with Crippen LogP contribution in [0.3, 0.4) is 0 Å². The molecule has 21 heavy (non-hydrogen) atoms. The molecule has 1 aliphatic rings. The average molecular weight is 295 g/mol. The lowest BCUT2D eigenvalue weighted by atomic mass is 10.1. The van der Waals surface area contributed by atoms with Crippen molar-refractivity contribution in [1.82, 2.24) is 10.2 Å². The van der Waals surface area contributed by atoms with Crippen LogP contribution in [0.2, 0.25) is 0 Å². The third-order valence-electron chi connectivity index (χ3n) is 3.85. The molecule has 0 spiro atoms. The molecule has 0 aliphatic carbocycles. The van der Waals surface area contributed by atoms with Crippen LogP contribution in [-0.4, -0.2) is 50.2 Å². The van der Waals surface area contributed by atoms with Crippen LogP contribution in [-0.2, 0) is 9.53 Å². The smallest absolute Gasteiger partial charge is 0.224 e. The van der Waals surface area contributed by atoms with Crippen molar-refractivity contribution in [3.05, 3.63) is 23.7 Å². The molecule has 118 valence electrons. The van der Waals surface area contributed by atoms with E-state index in [0.717, 1.165) is 24.6 Å². The first-order valence-electron chi connectivity index (χ1n) is 7.47. The highest BCUT2D eigenvalue weighted by atomic mass is 16.5. The molecule has 1 aliphatic heterocycles. The van der Waals surface area contributed by atoms with Gasteiger partial charge in [0, 0.05) is 32.1 Å². The molecule has 1 amide bonds. The van der Waals surface area contributed by atoms with Crippen LogP contribution in [0.25, 0.3) is 0 Å². The van der Waals surface area contributed by atoms with Gasteiger partial charge in [-0.2, -0.15) is 0 Å². The first-order valence-corrected chi connectivity index (χ1v) is 7.47. The van der Waals surface area contributed by atoms with Crippen LogP contribution in [0.5, 0.6) is 0 Å². The largest absolute Gasteiger partial charge is 0.465 e. The van der Waals surface area contributed by atoms with Crippen molar-refractivity contribution in [3.8, 4) is 0 Å². The summed E-state index contributed by atoms with van der Waals surface area (Å²) in [6, 6.07) is 3.97. The molecule has 2 rings (SSSR count). The Balaban J connectivity index is 2.03. The lowest BCUT2D eigenvalue weighted by molar-refractivity contribution is -0.124. The fourth-order valence-corrected chi connectivity index (χ4v) is 2.41. The molecule has 1 aromatic rings. The summed E-state index contributed by atoms with van der Waals surface area (Å²) in [4.78, 5) is 14.2. The van der Waals surface area contributed by atoms with Crippen LogP contribution in [0.15, 0.2) is 16.5 Å². The number of furan rings is 1. The van der Waals surface area contributed by atoms with E-state index in [1.54, 1.807) is 0 Å². The second-order valence-corrected chi connectivity index (χ2v) is 5.49. The van der Waals surface area contributed by atoms with E-state index in [2.05, 4.69) is 10.2 Å². The number of carbonyl (C=O) groups excluding carboxylic acids is 1. The van der Waals surface area contributed by atoms with Gasteiger partial charge in [0.25, 0.3) is 0 Å². The minimum Gasteiger partial charge on any atom is -0.465 e. The summed E-state index contributed by atoms with van der Waals surface area (Å²) in [5.41, 5.74) is 5.53. The molecule has 1 fully saturated rings. The van der Waals surface area contributed by atoms with Crippen LogP contribution in [0, 0.1) is 12.8 Å². The van der Waals surface area contributed by atoms with Gasteiger partial charge in [0.05, 0.1) is 19.3 Å². The van der Waals surface area contributed by atoms with Gasteiger partial charge in [0.2, 0.25) is 5.91 Å². The Hall–Kier alpha value is -1.37. The number of rotatable bonds is 6. The van der Waals surface area contributed by atoms with Crippen LogP contribution in [0.1, 0.15) is 24.5 Å². The van der Waals surface area contributed by atoms with Crippen LogP contribution < -0.4 is 11.1 Å². The van der Waals surface area contributed by atoms with Crippen molar-refractivity contribution < 1.29 is 13.9 Å².